The molecule has 0 saturated carbocycles. The Morgan fingerprint density at radius 1 is 0.441 bits per heavy atom. The first-order chi connectivity index (χ1) is 33.5. The first-order valence-electron chi connectivity index (χ1n) is 23.2. The zero-order valence-corrected chi connectivity index (χ0v) is 37.9. The predicted molar refractivity (Wildman–Crippen MR) is 283 cm³/mol. The van der Waals surface area contributed by atoms with Gasteiger partial charge in [0.15, 0.2) is 17.5 Å². The molecule has 68 heavy (non-hydrogen) atoms. The Bertz CT molecular complexity index is 4400. The highest BCUT2D eigenvalue weighted by Gasteiger charge is 2.35. The van der Waals surface area contributed by atoms with E-state index in [0.29, 0.717) is 17.5 Å². The molecular weight excluding hydrogens is 849 g/mol. The van der Waals surface area contributed by atoms with Gasteiger partial charge in [-0.15, -0.1) is 11.3 Å². The summed E-state index contributed by atoms with van der Waals surface area (Å²) in [7, 11) is 0. The van der Waals surface area contributed by atoms with E-state index in [1.165, 1.54) is 64.7 Å². The summed E-state index contributed by atoms with van der Waals surface area (Å²) in [5.41, 5.74) is 12.6. The quantitative estimate of drug-likeness (QED) is 0.177. The molecule has 15 rings (SSSR count). The number of fused-ring (bicyclic) bond motifs is 16. The van der Waals surface area contributed by atoms with E-state index in [0.717, 1.165) is 65.4 Å². The third-order valence-corrected chi connectivity index (χ3v) is 15.9. The second-order valence-electron chi connectivity index (χ2n) is 18.7. The van der Waals surface area contributed by atoms with Gasteiger partial charge in [0.25, 0.3) is 0 Å². The molecule has 0 bridgehead atoms. The lowest BCUT2D eigenvalue weighted by Gasteiger charge is -2.21. The van der Waals surface area contributed by atoms with Gasteiger partial charge in [0.05, 0.1) is 16.6 Å². The Balaban J connectivity index is 1.05. The van der Waals surface area contributed by atoms with E-state index in [-0.39, 0.29) is 5.41 Å². The molecule has 6 heteroatoms. The van der Waals surface area contributed by atoms with Crippen LogP contribution in [-0.4, -0.2) is 19.5 Å². The molecule has 14 aromatic rings. The van der Waals surface area contributed by atoms with Crippen molar-refractivity contribution >= 4 is 96.8 Å². The van der Waals surface area contributed by atoms with Gasteiger partial charge in [-0.25, -0.2) is 15.0 Å². The lowest BCUT2D eigenvalue weighted by Crippen LogP contribution is -2.14. The van der Waals surface area contributed by atoms with E-state index < -0.39 is 0 Å². The topological polar surface area (TPSA) is 56.7 Å². The normalized spacial score (nSPS) is 13.3. The summed E-state index contributed by atoms with van der Waals surface area (Å²) < 4.78 is 11.5. The van der Waals surface area contributed by atoms with Crippen LogP contribution in [0.3, 0.4) is 0 Å². The molecule has 0 spiro atoms. The number of hydrogen-bond acceptors (Lipinski definition) is 5. The van der Waals surface area contributed by atoms with Crippen LogP contribution in [0, 0.1) is 0 Å². The molecule has 10 aromatic carbocycles. The monoisotopic (exact) mass is 886 g/mol. The van der Waals surface area contributed by atoms with Crippen LogP contribution in [0.15, 0.2) is 199 Å². The Labute approximate surface area is 394 Å². The number of furan rings is 1. The number of para-hydroxylation sites is 2. The summed E-state index contributed by atoms with van der Waals surface area (Å²) in [6.45, 7) is 4.63. The van der Waals surface area contributed by atoms with Crippen LogP contribution in [0.5, 0.6) is 0 Å². The SMILES string of the molecule is CC1(C)c2ccccc2-c2cc(-c3nc(-c4cccc5c4oc4ccccc45)nc(-c4cc(-n5c6ccc7ccccc7c6c6c7ccccc7ccc65)cc5c4sc4ccccc45)n3)ccc21. The maximum absolute atomic E-state index is 6.67. The number of thiophene rings is 1. The average Bonchev–Trinajstić information content (AvgIpc) is 4.13. The molecule has 0 N–H and O–H groups in total. The molecule has 4 aromatic heterocycles. The highest BCUT2D eigenvalue weighted by molar-refractivity contribution is 7.26. The predicted octanol–water partition coefficient (Wildman–Crippen LogP) is 16.8. The molecule has 0 aliphatic heterocycles. The molecule has 0 atom stereocenters. The number of hydrogen-bond donors (Lipinski definition) is 0. The summed E-state index contributed by atoms with van der Waals surface area (Å²) in [4.78, 5) is 16.4. The van der Waals surface area contributed by atoms with Crippen LogP contribution in [0.4, 0.5) is 0 Å². The van der Waals surface area contributed by atoms with Gasteiger partial charge in [-0.2, -0.15) is 0 Å². The van der Waals surface area contributed by atoms with Crippen LogP contribution in [0.1, 0.15) is 25.0 Å². The molecule has 1 aliphatic carbocycles. The molecule has 1 aliphatic rings. The van der Waals surface area contributed by atoms with Gasteiger partial charge in [0, 0.05) is 63.9 Å². The summed E-state index contributed by atoms with van der Waals surface area (Å²) in [6.07, 6.45) is 0. The van der Waals surface area contributed by atoms with E-state index >= 15 is 0 Å². The maximum Gasteiger partial charge on any atom is 0.167 e. The smallest absolute Gasteiger partial charge is 0.167 e. The van der Waals surface area contributed by atoms with E-state index in [4.69, 9.17) is 19.4 Å². The van der Waals surface area contributed by atoms with Gasteiger partial charge in [0.1, 0.15) is 11.2 Å². The van der Waals surface area contributed by atoms with Gasteiger partial charge >= 0.3 is 0 Å². The number of benzene rings is 10. The molecule has 4 heterocycles. The van der Waals surface area contributed by atoms with Crippen LogP contribution >= 0.6 is 11.3 Å². The average molecular weight is 887 g/mol. The fourth-order valence-electron chi connectivity index (χ4n) is 11.5. The van der Waals surface area contributed by atoms with Crippen molar-refractivity contribution in [1.82, 2.24) is 19.5 Å². The Kier molecular flexibility index (Phi) is 7.66. The Hall–Kier alpha value is -8.45. The summed E-state index contributed by atoms with van der Waals surface area (Å²) in [5.74, 6) is 1.78. The molecule has 0 amide bonds. The number of nitrogens with zero attached hydrogens (tertiary/aromatic N) is 4. The fraction of sp³-hybridized carbons (Fsp3) is 0.0484. The molecule has 5 nitrogen and oxygen atoms in total. The van der Waals surface area contributed by atoms with Crippen LogP contribution in [0.25, 0.3) is 136 Å². The largest absolute Gasteiger partial charge is 0.455 e. The molecule has 0 unspecified atom stereocenters. The molecule has 0 fully saturated rings. The van der Waals surface area contributed by atoms with Crippen molar-refractivity contribution in [2.45, 2.75) is 19.3 Å². The molecule has 0 saturated heterocycles. The van der Waals surface area contributed by atoms with Crippen LogP contribution in [0.2, 0.25) is 0 Å². The van der Waals surface area contributed by atoms with Crippen LogP contribution < -0.4 is 0 Å². The first-order valence-corrected chi connectivity index (χ1v) is 24.0. The van der Waals surface area contributed by atoms with E-state index in [1.807, 2.05) is 12.1 Å². The van der Waals surface area contributed by atoms with E-state index in [9.17, 15) is 0 Å². The zero-order valence-electron chi connectivity index (χ0n) is 37.1. The molecule has 318 valence electrons. The Morgan fingerprint density at radius 2 is 1.04 bits per heavy atom. The highest BCUT2D eigenvalue weighted by Crippen LogP contribution is 2.50. The van der Waals surface area contributed by atoms with Crippen LogP contribution in [-0.2, 0) is 5.41 Å². The van der Waals surface area contributed by atoms with Crippen molar-refractivity contribution in [3.05, 3.63) is 205 Å². The van der Waals surface area contributed by atoms with Gasteiger partial charge in [-0.1, -0.05) is 159 Å². The maximum atomic E-state index is 6.67. The lowest BCUT2D eigenvalue weighted by molar-refractivity contribution is 0.660. The van der Waals surface area contributed by atoms with Gasteiger partial charge in [0.2, 0.25) is 0 Å². The van der Waals surface area contributed by atoms with Crippen molar-refractivity contribution < 1.29 is 4.42 Å². The van der Waals surface area contributed by atoms with Crippen molar-refractivity contribution in [3.63, 3.8) is 0 Å². The molecular formula is C62H38N4OS. The van der Waals surface area contributed by atoms with E-state index in [2.05, 4.69) is 200 Å². The minimum Gasteiger partial charge on any atom is -0.455 e. The third kappa shape index (κ3) is 5.23. The summed E-state index contributed by atoms with van der Waals surface area (Å²) in [6, 6.07) is 70.0. The van der Waals surface area contributed by atoms with Gasteiger partial charge in [-0.3, -0.25) is 0 Å². The molecule has 0 radical (unpaired) electrons. The number of rotatable bonds is 4. The van der Waals surface area contributed by atoms with Crippen molar-refractivity contribution in [3.8, 4) is 51.0 Å². The minimum atomic E-state index is -0.130. The third-order valence-electron chi connectivity index (χ3n) is 14.6. The van der Waals surface area contributed by atoms with Gasteiger partial charge < -0.3 is 8.98 Å². The zero-order chi connectivity index (χ0) is 44.8. The summed E-state index contributed by atoms with van der Waals surface area (Å²) >= 11 is 1.79. The Morgan fingerprint density at radius 3 is 1.82 bits per heavy atom. The highest BCUT2D eigenvalue weighted by atomic mass is 32.1. The van der Waals surface area contributed by atoms with Crippen molar-refractivity contribution in [2.75, 3.05) is 0 Å². The van der Waals surface area contributed by atoms with Crippen molar-refractivity contribution in [2.24, 2.45) is 0 Å². The second-order valence-corrected chi connectivity index (χ2v) is 19.7. The number of aromatic nitrogens is 4. The van der Waals surface area contributed by atoms with E-state index in [1.54, 1.807) is 11.3 Å². The van der Waals surface area contributed by atoms with Gasteiger partial charge in [-0.05, 0) is 92.3 Å². The first kappa shape index (κ1) is 37.7. The lowest BCUT2D eigenvalue weighted by atomic mass is 9.82. The second kappa shape index (κ2) is 13.8. The summed E-state index contributed by atoms with van der Waals surface area (Å²) in [5, 5.41) is 11.9. The minimum absolute atomic E-state index is 0.130. The van der Waals surface area contributed by atoms with Crippen molar-refractivity contribution in [1.29, 1.82) is 0 Å². The fourth-order valence-corrected chi connectivity index (χ4v) is 12.7. The standard InChI is InChI=1S/C62H38N4OS/c1-62(2)49-23-10-7-18-41(49)46-32-37(26-29-50(46)62)59-63-60(45-22-13-21-44-42-19-8-11-24-53(42)67-57(44)45)65-61(64-59)48-34-38(33-47-43-20-9-12-25-54(43)68-58(47)48)66-51-30-27-35-14-3-5-16-39(35)55(51)56-40-17-6-4-15-36(40)28-31-52(56)66/h3-34H,1-2H3.